The molecule has 1 spiro atoms. The van der Waals surface area contributed by atoms with E-state index in [4.69, 9.17) is 0 Å². The summed E-state index contributed by atoms with van der Waals surface area (Å²) in [5.74, 6) is 0.343. The monoisotopic (exact) mass is 355 g/mol. The standard InChI is InChI=1S/C21H29N3O2/c1-4-12-24-20(26)18(15-17-8-6-5-7-9-17)22-21(24)10-13-23(14-11-21)19(25)16(2)3/h4-9,16,18,22H,1,10-15H2,2-3H3. The van der Waals surface area contributed by atoms with E-state index in [1.54, 1.807) is 6.08 Å². The van der Waals surface area contributed by atoms with Crippen molar-refractivity contribution in [2.24, 2.45) is 5.92 Å². The van der Waals surface area contributed by atoms with Crippen molar-refractivity contribution >= 4 is 11.8 Å². The zero-order valence-electron chi connectivity index (χ0n) is 15.8. The second-order valence-electron chi connectivity index (χ2n) is 7.64. The van der Waals surface area contributed by atoms with Crippen LogP contribution in [0.2, 0.25) is 0 Å². The summed E-state index contributed by atoms with van der Waals surface area (Å²) in [6, 6.07) is 9.89. The fourth-order valence-electron chi connectivity index (χ4n) is 4.12. The lowest BCUT2D eigenvalue weighted by atomic mass is 9.95. The van der Waals surface area contributed by atoms with Crippen LogP contribution in [0.25, 0.3) is 0 Å². The first-order valence-electron chi connectivity index (χ1n) is 9.49. The largest absolute Gasteiger partial charge is 0.342 e. The maximum Gasteiger partial charge on any atom is 0.241 e. The smallest absolute Gasteiger partial charge is 0.241 e. The first kappa shape index (κ1) is 18.6. The van der Waals surface area contributed by atoms with Crippen molar-refractivity contribution in [3.8, 4) is 0 Å². The third-order valence-electron chi connectivity index (χ3n) is 5.51. The second kappa shape index (κ2) is 7.62. The van der Waals surface area contributed by atoms with Crippen LogP contribution in [0, 0.1) is 5.92 Å². The maximum atomic E-state index is 13.0. The number of carbonyl (C=O) groups excluding carboxylic acids is 2. The Balaban J connectivity index is 1.74. The molecule has 0 radical (unpaired) electrons. The Bertz CT molecular complexity index is 663. The van der Waals surface area contributed by atoms with Crippen LogP contribution in [-0.2, 0) is 16.0 Å². The van der Waals surface area contributed by atoms with E-state index >= 15 is 0 Å². The molecule has 2 heterocycles. The molecule has 140 valence electrons. The number of benzene rings is 1. The lowest BCUT2D eigenvalue weighted by Crippen LogP contribution is -2.60. The highest BCUT2D eigenvalue weighted by Crippen LogP contribution is 2.33. The summed E-state index contributed by atoms with van der Waals surface area (Å²) >= 11 is 0. The lowest BCUT2D eigenvalue weighted by Gasteiger charge is -2.44. The van der Waals surface area contributed by atoms with Crippen LogP contribution in [0.15, 0.2) is 43.0 Å². The number of carbonyl (C=O) groups is 2. The summed E-state index contributed by atoms with van der Waals surface area (Å²) in [6.45, 7) is 9.60. The van der Waals surface area contributed by atoms with Crippen molar-refractivity contribution in [2.75, 3.05) is 19.6 Å². The number of likely N-dealkylation sites (tertiary alicyclic amines) is 1. The number of hydrogen-bond acceptors (Lipinski definition) is 3. The summed E-state index contributed by atoms with van der Waals surface area (Å²) in [7, 11) is 0. The van der Waals surface area contributed by atoms with Gasteiger partial charge in [-0.15, -0.1) is 6.58 Å². The van der Waals surface area contributed by atoms with Gasteiger partial charge in [-0.25, -0.2) is 0 Å². The average molecular weight is 355 g/mol. The van der Waals surface area contributed by atoms with Gasteiger partial charge in [-0.2, -0.15) is 0 Å². The van der Waals surface area contributed by atoms with E-state index in [0.29, 0.717) is 26.1 Å². The van der Waals surface area contributed by atoms with E-state index in [9.17, 15) is 9.59 Å². The SMILES string of the molecule is C=CCN1C(=O)C(Cc2ccccc2)NC12CCN(C(=O)C(C)C)CC2. The van der Waals surface area contributed by atoms with E-state index in [0.717, 1.165) is 18.4 Å². The number of nitrogens with one attached hydrogen (secondary N) is 1. The van der Waals surface area contributed by atoms with Crippen LogP contribution in [-0.4, -0.2) is 53.0 Å². The zero-order chi connectivity index (χ0) is 18.7. The molecule has 2 fully saturated rings. The van der Waals surface area contributed by atoms with Crippen LogP contribution in [0.3, 0.4) is 0 Å². The molecule has 3 rings (SSSR count). The minimum Gasteiger partial charge on any atom is -0.342 e. The average Bonchev–Trinajstić information content (AvgIpc) is 2.88. The van der Waals surface area contributed by atoms with Crippen LogP contribution >= 0.6 is 0 Å². The Labute approximate surface area is 156 Å². The predicted octanol–water partition coefficient (Wildman–Crippen LogP) is 2.19. The van der Waals surface area contributed by atoms with E-state index in [1.807, 2.05) is 41.8 Å². The molecule has 1 unspecified atom stereocenters. The molecule has 2 aliphatic rings. The molecule has 2 aliphatic heterocycles. The highest BCUT2D eigenvalue weighted by Gasteiger charge is 2.51. The van der Waals surface area contributed by atoms with Gasteiger partial charge in [0.25, 0.3) is 0 Å². The molecule has 5 nitrogen and oxygen atoms in total. The Hall–Kier alpha value is -2.14. The first-order chi connectivity index (χ1) is 12.5. The summed E-state index contributed by atoms with van der Waals surface area (Å²) in [5.41, 5.74) is 0.791. The van der Waals surface area contributed by atoms with Gasteiger partial charge < -0.3 is 9.80 Å². The molecular formula is C21H29N3O2. The molecule has 1 aromatic rings. The van der Waals surface area contributed by atoms with E-state index < -0.39 is 0 Å². The molecule has 5 heteroatoms. The van der Waals surface area contributed by atoms with Crippen LogP contribution in [0.1, 0.15) is 32.3 Å². The third kappa shape index (κ3) is 3.54. The van der Waals surface area contributed by atoms with E-state index in [2.05, 4.69) is 24.0 Å². The minimum absolute atomic E-state index is 0.0114. The van der Waals surface area contributed by atoms with Crippen LogP contribution < -0.4 is 5.32 Å². The van der Waals surface area contributed by atoms with Crippen molar-refractivity contribution in [2.45, 2.75) is 44.8 Å². The van der Waals surface area contributed by atoms with Gasteiger partial charge in [0.05, 0.1) is 11.7 Å². The summed E-state index contributed by atoms with van der Waals surface area (Å²) < 4.78 is 0. The summed E-state index contributed by atoms with van der Waals surface area (Å²) in [4.78, 5) is 29.2. The number of amides is 2. The summed E-state index contributed by atoms with van der Waals surface area (Å²) in [5, 5.41) is 3.62. The number of hydrogen-bond donors (Lipinski definition) is 1. The fourth-order valence-corrected chi connectivity index (χ4v) is 4.12. The number of nitrogens with zero attached hydrogens (tertiary/aromatic N) is 2. The Kier molecular flexibility index (Phi) is 5.47. The molecule has 0 aromatic heterocycles. The molecule has 2 amide bonds. The Morgan fingerprint density at radius 2 is 1.96 bits per heavy atom. The minimum atomic E-state index is -0.363. The molecule has 1 N–H and O–H groups in total. The molecule has 0 aliphatic carbocycles. The van der Waals surface area contributed by atoms with Gasteiger partial charge >= 0.3 is 0 Å². The molecule has 26 heavy (non-hydrogen) atoms. The molecule has 0 saturated carbocycles. The molecule has 1 aromatic carbocycles. The zero-order valence-corrected chi connectivity index (χ0v) is 15.8. The normalized spacial score (nSPS) is 22.3. The summed E-state index contributed by atoms with van der Waals surface area (Å²) in [6.07, 6.45) is 3.99. The van der Waals surface area contributed by atoms with Gasteiger partial charge in [0.15, 0.2) is 0 Å². The van der Waals surface area contributed by atoms with Gasteiger partial charge in [0.2, 0.25) is 11.8 Å². The number of rotatable bonds is 5. The molecule has 2 saturated heterocycles. The predicted molar refractivity (Wildman–Crippen MR) is 102 cm³/mol. The van der Waals surface area contributed by atoms with Crippen molar-refractivity contribution in [3.05, 3.63) is 48.6 Å². The first-order valence-corrected chi connectivity index (χ1v) is 9.49. The van der Waals surface area contributed by atoms with Gasteiger partial charge in [-0.1, -0.05) is 50.3 Å². The van der Waals surface area contributed by atoms with Crippen molar-refractivity contribution in [1.29, 1.82) is 0 Å². The quantitative estimate of drug-likeness (QED) is 0.824. The van der Waals surface area contributed by atoms with E-state index in [-0.39, 0.29) is 29.4 Å². The topological polar surface area (TPSA) is 52.7 Å². The third-order valence-corrected chi connectivity index (χ3v) is 5.51. The van der Waals surface area contributed by atoms with Gasteiger partial charge in [0.1, 0.15) is 0 Å². The maximum absolute atomic E-state index is 13.0. The molecular weight excluding hydrogens is 326 g/mol. The van der Waals surface area contributed by atoms with Crippen LogP contribution in [0.5, 0.6) is 0 Å². The van der Waals surface area contributed by atoms with Gasteiger partial charge in [0, 0.05) is 38.4 Å². The van der Waals surface area contributed by atoms with Crippen LogP contribution in [0.4, 0.5) is 0 Å². The van der Waals surface area contributed by atoms with Crippen molar-refractivity contribution in [1.82, 2.24) is 15.1 Å². The van der Waals surface area contributed by atoms with E-state index in [1.165, 1.54) is 0 Å². The van der Waals surface area contributed by atoms with Crippen molar-refractivity contribution < 1.29 is 9.59 Å². The van der Waals surface area contributed by atoms with Gasteiger partial charge in [-0.3, -0.25) is 14.9 Å². The lowest BCUT2D eigenvalue weighted by molar-refractivity contribution is -0.138. The highest BCUT2D eigenvalue weighted by molar-refractivity contribution is 5.86. The Morgan fingerprint density at radius 3 is 2.54 bits per heavy atom. The fraction of sp³-hybridized carbons (Fsp3) is 0.524. The van der Waals surface area contributed by atoms with Crippen molar-refractivity contribution in [3.63, 3.8) is 0 Å². The van der Waals surface area contributed by atoms with Gasteiger partial charge in [-0.05, 0) is 12.0 Å². The molecule has 1 atom stereocenters. The Morgan fingerprint density at radius 1 is 1.31 bits per heavy atom. The second-order valence-corrected chi connectivity index (χ2v) is 7.64. The number of piperidine rings is 1. The highest BCUT2D eigenvalue weighted by atomic mass is 16.2. The molecule has 0 bridgehead atoms.